The Balaban J connectivity index is 3.98. The summed E-state index contributed by atoms with van der Waals surface area (Å²) in [7, 11) is -14.3. The van der Waals surface area contributed by atoms with Crippen molar-refractivity contribution in [3.8, 4) is 0 Å². The van der Waals surface area contributed by atoms with E-state index in [2.05, 4.69) is 0 Å². The summed E-state index contributed by atoms with van der Waals surface area (Å²) in [6.07, 6.45) is 0. The molecule has 0 N–H and O–H groups in total. The van der Waals surface area contributed by atoms with Crippen molar-refractivity contribution < 1.29 is 53.1 Å². The summed E-state index contributed by atoms with van der Waals surface area (Å²) in [5.41, 5.74) is -16.1. The Morgan fingerprint density at radius 1 is 0.960 bits per heavy atom. The largest absolute Gasteiger partial charge is 0.545 e. The van der Waals surface area contributed by atoms with Crippen molar-refractivity contribution in [3.63, 3.8) is 0 Å². The van der Waals surface area contributed by atoms with Crippen molar-refractivity contribution in [2.24, 2.45) is 0 Å². The smallest absolute Gasteiger partial charge is 0.517 e. The number of sulfonamides is 2. The molecule has 1 aromatic rings. The maximum absolute atomic E-state index is 12.6. The van der Waals surface area contributed by atoms with E-state index in [1.54, 1.807) is 0 Å². The molecule has 0 bridgehead atoms. The van der Waals surface area contributed by atoms with E-state index in [4.69, 9.17) is 11.6 Å². The minimum atomic E-state index is -7.17. The van der Waals surface area contributed by atoms with Crippen molar-refractivity contribution in [1.82, 2.24) is 0 Å². The van der Waals surface area contributed by atoms with Crippen LogP contribution in [-0.4, -0.2) is 33.8 Å². The number of benzene rings is 1. The van der Waals surface area contributed by atoms with Crippen LogP contribution in [0.4, 0.5) is 32.0 Å². The number of hydrogen-bond donors (Lipinski definition) is 0. The first-order chi connectivity index (χ1) is 11.0. The first kappa shape index (κ1) is 21.3. The van der Waals surface area contributed by atoms with Gasteiger partial charge in [0.25, 0.3) is 0 Å². The summed E-state index contributed by atoms with van der Waals surface area (Å²) in [6, 6.07) is 1.15. The van der Waals surface area contributed by atoms with Crippen LogP contribution in [0.3, 0.4) is 0 Å². The van der Waals surface area contributed by atoms with E-state index in [1.165, 1.54) is 0 Å². The van der Waals surface area contributed by atoms with Gasteiger partial charge in [-0.3, -0.25) is 0 Å². The van der Waals surface area contributed by atoms with E-state index >= 15 is 0 Å². The van der Waals surface area contributed by atoms with Gasteiger partial charge >= 0.3 is 31.1 Å². The molecular weight excluding hydrogens is 432 g/mol. The highest BCUT2D eigenvalue weighted by Gasteiger charge is 2.62. The van der Waals surface area contributed by atoms with Crippen molar-refractivity contribution in [3.05, 3.63) is 28.8 Å². The SMILES string of the molecule is O=C([O-])c1cccc(N(S(=O)(=O)C(F)(F)F)S(=O)(=O)C(F)(F)F)c1Cl. The van der Waals surface area contributed by atoms with Crippen LogP contribution in [0.5, 0.6) is 0 Å². The average Bonchev–Trinajstić information content (AvgIpc) is 2.37. The van der Waals surface area contributed by atoms with Gasteiger partial charge in [-0.15, -0.1) is 3.71 Å². The molecule has 0 aliphatic carbocycles. The fraction of sp³-hybridized carbons (Fsp3) is 0.222. The third kappa shape index (κ3) is 3.62. The molecule has 0 aliphatic heterocycles. The Bertz CT molecular complexity index is 863. The van der Waals surface area contributed by atoms with E-state index < -0.39 is 57.0 Å². The first-order valence-corrected chi connectivity index (χ1v) is 8.65. The van der Waals surface area contributed by atoms with Gasteiger partial charge in [0.15, 0.2) is 0 Å². The number of aromatic carboxylic acids is 1. The van der Waals surface area contributed by atoms with Crippen LogP contribution in [0.1, 0.15) is 10.4 Å². The van der Waals surface area contributed by atoms with Crippen molar-refractivity contribution >= 4 is 43.3 Å². The number of anilines is 1. The normalized spacial score (nSPS) is 13.6. The first-order valence-electron chi connectivity index (χ1n) is 5.39. The number of carboxylic acid groups (broad SMARTS) is 1. The van der Waals surface area contributed by atoms with Crippen LogP contribution in [-0.2, 0) is 20.0 Å². The average molecular weight is 435 g/mol. The molecule has 0 amide bonds. The van der Waals surface area contributed by atoms with Gasteiger partial charge in [0.05, 0.1) is 16.7 Å². The lowest BCUT2D eigenvalue weighted by Gasteiger charge is -2.26. The number of nitrogens with zero attached hydrogens (tertiary/aromatic N) is 1. The summed E-state index contributed by atoms with van der Waals surface area (Å²) in [5, 5.41) is 9.21. The third-order valence-electron chi connectivity index (χ3n) is 2.42. The minimum Gasteiger partial charge on any atom is -0.545 e. The number of rotatable bonds is 4. The predicted octanol–water partition coefficient (Wildman–Crippen LogP) is 1.21. The zero-order valence-corrected chi connectivity index (χ0v) is 13.5. The molecule has 0 atom stereocenters. The fourth-order valence-electron chi connectivity index (χ4n) is 1.39. The topological polar surface area (TPSA) is 112 Å². The molecule has 0 heterocycles. The molecule has 0 aliphatic rings. The van der Waals surface area contributed by atoms with E-state index in [-0.39, 0.29) is 6.07 Å². The van der Waals surface area contributed by atoms with Crippen LogP contribution in [0, 0.1) is 0 Å². The van der Waals surface area contributed by atoms with E-state index in [0.717, 1.165) is 0 Å². The minimum absolute atomic E-state index is 0.140. The lowest BCUT2D eigenvalue weighted by atomic mass is 10.2. The number of carboxylic acids is 1. The van der Waals surface area contributed by atoms with E-state index in [1.807, 2.05) is 0 Å². The van der Waals surface area contributed by atoms with Crippen LogP contribution >= 0.6 is 11.6 Å². The van der Waals surface area contributed by atoms with Gasteiger partial charge in [0.2, 0.25) is 0 Å². The van der Waals surface area contributed by atoms with Crippen LogP contribution in [0.2, 0.25) is 5.02 Å². The molecule has 0 fully saturated rings. The molecule has 1 rings (SSSR count). The molecule has 0 spiro atoms. The number of halogens is 7. The standard InChI is InChI=1S/C9H4ClF6NO6S2/c10-6-4(7(18)19)2-1-3-5(6)17(24(20,21)8(11,12)13)25(22,23)9(14,15)16/h1-3H,(H,18,19)/p-1. The predicted molar refractivity (Wildman–Crippen MR) is 68.2 cm³/mol. The summed E-state index contributed by atoms with van der Waals surface area (Å²) in [4.78, 5) is 10.7. The van der Waals surface area contributed by atoms with Gasteiger partial charge in [-0.2, -0.15) is 43.2 Å². The van der Waals surface area contributed by atoms with E-state index in [0.29, 0.717) is 12.1 Å². The van der Waals surface area contributed by atoms with Crippen LogP contribution in [0.15, 0.2) is 18.2 Å². The highest BCUT2D eigenvalue weighted by molar-refractivity contribution is 8.11. The zero-order chi connectivity index (χ0) is 20.0. The summed E-state index contributed by atoms with van der Waals surface area (Å²) in [6.45, 7) is 0. The maximum atomic E-state index is 12.6. The Kier molecular flexibility index (Phi) is 5.29. The van der Waals surface area contributed by atoms with Gasteiger partial charge < -0.3 is 9.90 Å². The molecule has 7 nitrogen and oxygen atoms in total. The Morgan fingerprint density at radius 3 is 1.68 bits per heavy atom. The monoisotopic (exact) mass is 434 g/mol. The highest BCUT2D eigenvalue weighted by atomic mass is 35.5. The number of hydrogen-bond acceptors (Lipinski definition) is 6. The molecular formula is C9H3ClF6NO6S2-. The molecule has 0 saturated heterocycles. The Morgan fingerprint density at radius 2 is 1.36 bits per heavy atom. The summed E-state index contributed by atoms with van der Waals surface area (Å²) in [5.74, 6) is -2.21. The molecule has 0 unspecified atom stereocenters. The molecule has 0 aromatic heterocycles. The van der Waals surface area contributed by atoms with Crippen LogP contribution in [0.25, 0.3) is 0 Å². The second-order valence-electron chi connectivity index (χ2n) is 4.02. The summed E-state index contributed by atoms with van der Waals surface area (Å²) < 4.78 is 119. The Hall–Kier alpha value is -1.74. The zero-order valence-electron chi connectivity index (χ0n) is 11.1. The fourth-order valence-corrected chi connectivity index (χ4v) is 4.52. The van der Waals surface area contributed by atoms with Crippen molar-refractivity contribution in [2.75, 3.05) is 3.71 Å². The second kappa shape index (κ2) is 6.21. The highest BCUT2D eigenvalue weighted by Crippen LogP contribution is 2.42. The quantitative estimate of drug-likeness (QED) is 0.658. The van der Waals surface area contributed by atoms with Crippen molar-refractivity contribution in [1.29, 1.82) is 0 Å². The molecule has 1 aromatic carbocycles. The molecule has 0 saturated carbocycles. The van der Waals surface area contributed by atoms with Crippen LogP contribution < -0.4 is 8.82 Å². The lowest BCUT2D eigenvalue weighted by Crippen LogP contribution is -2.49. The van der Waals surface area contributed by atoms with E-state index in [9.17, 15) is 53.1 Å². The molecule has 142 valence electrons. The van der Waals surface area contributed by atoms with Gasteiger partial charge in [0, 0.05) is 5.56 Å². The number of carbonyl (C=O) groups is 1. The summed E-state index contributed by atoms with van der Waals surface area (Å²) >= 11 is 5.28. The van der Waals surface area contributed by atoms with Gasteiger partial charge in [-0.25, -0.2) is 0 Å². The lowest BCUT2D eigenvalue weighted by molar-refractivity contribution is -0.255. The Labute approximate surface area is 140 Å². The maximum Gasteiger partial charge on any atom is 0.517 e. The molecule has 25 heavy (non-hydrogen) atoms. The molecule has 0 radical (unpaired) electrons. The van der Waals surface area contributed by atoms with Gasteiger partial charge in [-0.05, 0) is 6.07 Å². The second-order valence-corrected chi connectivity index (χ2v) is 8.19. The third-order valence-corrected chi connectivity index (χ3v) is 6.43. The molecule has 16 heteroatoms. The van der Waals surface area contributed by atoms with Gasteiger partial charge in [-0.1, -0.05) is 23.7 Å². The van der Waals surface area contributed by atoms with Crippen molar-refractivity contribution in [2.45, 2.75) is 11.0 Å². The van der Waals surface area contributed by atoms with Gasteiger partial charge in [0.1, 0.15) is 0 Å². The number of alkyl halides is 6. The number of carbonyl (C=O) groups excluding carboxylic acids is 1.